The summed E-state index contributed by atoms with van der Waals surface area (Å²) < 4.78 is 42.0. The van der Waals surface area contributed by atoms with Crippen LogP contribution in [0.2, 0.25) is 0 Å². The third kappa shape index (κ3) is 2.99. The maximum absolute atomic E-state index is 13.4. The molecule has 1 N–H and O–H groups in total. The summed E-state index contributed by atoms with van der Waals surface area (Å²) >= 11 is 0. The number of pyridine rings is 1. The van der Waals surface area contributed by atoms with Crippen LogP contribution in [0.4, 0.5) is 13.2 Å². The molecule has 0 aromatic carbocycles. The lowest BCUT2D eigenvalue weighted by Crippen LogP contribution is -2.49. The molecule has 7 heteroatoms. The van der Waals surface area contributed by atoms with Crippen molar-refractivity contribution in [2.24, 2.45) is 5.92 Å². The van der Waals surface area contributed by atoms with Gasteiger partial charge in [-0.2, -0.15) is 13.2 Å². The normalized spacial score (nSPS) is 17.4. The minimum atomic E-state index is -4.45. The molecule has 0 saturated heterocycles. The largest absolute Gasteiger partial charge is 0.408 e. The van der Waals surface area contributed by atoms with Crippen LogP contribution >= 0.6 is 0 Å². The summed E-state index contributed by atoms with van der Waals surface area (Å²) in [5.41, 5.74) is 2.26. The van der Waals surface area contributed by atoms with E-state index in [4.69, 9.17) is 0 Å². The number of hydrogen-bond acceptors (Lipinski definition) is 2. The number of imidazole rings is 1. The molecule has 2 aromatic rings. The zero-order valence-electron chi connectivity index (χ0n) is 13.7. The van der Waals surface area contributed by atoms with Gasteiger partial charge in [-0.1, -0.05) is 12.8 Å². The first kappa shape index (κ1) is 16.8. The van der Waals surface area contributed by atoms with Crippen molar-refractivity contribution in [2.45, 2.75) is 51.7 Å². The number of hydrogen-bond donors (Lipinski definition) is 1. The molecular weight excluding hydrogens is 319 g/mol. The van der Waals surface area contributed by atoms with E-state index in [1.54, 1.807) is 16.7 Å². The Morgan fingerprint density at radius 1 is 1.25 bits per heavy atom. The van der Waals surface area contributed by atoms with Crippen LogP contribution < -0.4 is 5.32 Å². The van der Waals surface area contributed by atoms with Crippen molar-refractivity contribution in [2.75, 3.05) is 0 Å². The Hall–Kier alpha value is -2.05. The molecule has 0 radical (unpaired) electrons. The number of nitrogens with zero attached hydrogens (tertiary/aromatic N) is 2. The van der Waals surface area contributed by atoms with Gasteiger partial charge in [0.1, 0.15) is 11.7 Å². The van der Waals surface area contributed by atoms with Gasteiger partial charge < -0.3 is 9.72 Å². The molecule has 1 saturated carbocycles. The van der Waals surface area contributed by atoms with Crippen molar-refractivity contribution < 1.29 is 18.0 Å². The van der Waals surface area contributed by atoms with Crippen molar-refractivity contribution >= 4 is 11.6 Å². The number of alkyl halides is 3. The van der Waals surface area contributed by atoms with Gasteiger partial charge in [0.15, 0.2) is 0 Å². The van der Waals surface area contributed by atoms with Crippen molar-refractivity contribution in [3.63, 3.8) is 0 Å². The lowest BCUT2D eigenvalue weighted by molar-refractivity contribution is -0.164. The first-order valence-electron chi connectivity index (χ1n) is 8.10. The Balaban J connectivity index is 1.92. The molecule has 1 fully saturated rings. The van der Waals surface area contributed by atoms with Crippen LogP contribution in [0, 0.1) is 19.8 Å². The lowest BCUT2D eigenvalue weighted by Gasteiger charge is -2.27. The smallest absolute Gasteiger partial charge is 0.340 e. The third-order valence-corrected chi connectivity index (χ3v) is 4.78. The monoisotopic (exact) mass is 339 g/mol. The van der Waals surface area contributed by atoms with E-state index in [2.05, 4.69) is 10.3 Å². The van der Waals surface area contributed by atoms with Crippen LogP contribution in [0.1, 0.15) is 47.4 Å². The molecule has 130 valence electrons. The number of fused-ring (bicyclic) bond motifs is 1. The fraction of sp³-hybridized carbons (Fsp3) is 0.529. The minimum absolute atomic E-state index is 0.168. The number of halogens is 3. The summed E-state index contributed by atoms with van der Waals surface area (Å²) in [6.45, 7) is 3.70. The van der Waals surface area contributed by atoms with Crippen molar-refractivity contribution in [1.82, 2.24) is 14.7 Å². The number of amides is 1. The maximum Gasteiger partial charge on any atom is 0.408 e. The summed E-state index contributed by atoms with van der Waals surface area (Å²) in [7, 11) is 0. The van der Waals surface area contributed by atoms with E-state index < -0.39 is 24.0 Å². The van der Waals surface area contributed by atoms with Gasteiger partial charge in [-0.25, -0.2) is 4.98 Å². The molecule has 0 spiro atoms. The molecule has 1 atom stereocenters. The molecule has 2 heterocycles. The molecule has 4 nitrogen and oxygen atoms in total. The van der Waals surface area contributed by atoms with E-state index in [-0.39, 0.29) is 5.56 Å². The van der Waals surface area contributed by atoms with Crippen LogP contribution in [0.5, 0.6) is 0 Å². The molecule has 1 aliphatic rings. The number of aryl methyl sites for hydroxylation is 2. The highest BCUT2D eigenvalue weighted by Gasteiger charge is 2.46. The Bertz CT molecular complexity index is 760. The standard InChI is InChI=1S/C17H20F3N3O/c1-10-7-8-13(15-21-9-11(2)23(10)15)16(24)22-14(17(18,19)20)12-5-3-4-6-12/h7-9,12,14H,3-6H2,1-2H3,(H,22,24). The molecule has 0 aliphatic heterocycles. The van der Waals surface area contributed by atoms with Crippen LogP contribution in [0.25, 0.3) is 5.65 Å². The number of carbonyl (C=O) groups is 1. The summed E-state index contributed by atoms with van der Waals surface area (Å²) in [5.74, 6) is -1.27. The van der Waals surface area contributed by atoms with Gasteiger partial charge in [0, 0.05) is 17.6 Å². The summed E-state index contributed by atoms with van der Waals surface area (Å²) in [5, 5.41) is 2.22. The van der Waals surface area contributed by atoms with Crippen molar-refractivity contribution in [3.05, 3.63) is 35.3 Å². The van der Waals surface area contributed by atoms with Gasteiger partial charge in [-0.05, 0) is 44.7 Å². The third-order valence-electron chi connectivity index (χ3n) is 4.78. The summed E-state index contributed by atoms with van der Waals surface area (Å²) in [6, 6.07) is 1.45. The van der Waals surface area contributed by atoms with Crippen LogP contribution in [0.3, 0.4) is 0 Å². The predicted octanol–water partition coefficient (Wildman–Crippen LogP) is 3.80. The van der Waals surface area contributed by atoms with Crippen LogP contribution in [-0.2, 0) is 0 Å². The zero-order valence-corrected chi connectivity index (χ0v) is 13.7. The summed E-state index contributed by atoms with van der Waals surface area (Å²) in [4.78, 5) is 16.7. The van der Waals surface area contributed by atoms with Gasteiger partial charge in [-0.3, -0.25) is 4.79 Å². The number of nitrogens with one attached hydrogen (secondary N) is 1. The Morgan fingerprint density at radius 3 is 2.54 bits per heavy atom. The van der Waals surface area contributed by atoms with E-state index in [9.17, 15) is 18.0 Å². The predicted molar refractivity (Wildman–Crippen MR) is 83.9 cm³/mol. The fourth-order valence-corrected chi connectivity index (χ4v) is 3.58. The first-order valence-corrected chi connectivity index (χ1v) is 8.10. The molecule has 1 amide bonds. The van der Waals surface area contributed by atoms with Crippen LogP contribution in [0.15, 0.2) is 18.3 Å². The van der Waals surface area contributed by atoms with E-state index in [0.717, 1.165) is 24.2 Å². The SMILES string of the molecule is Cc1ccc(C(=O)NC(C2CCCC2)C(F)(F)F)c2ncc(C)n12. The molecule has 3 rings (SSSR count). The Kier molecular flexibility index (Phi) is 4.27. The number of rotatable bonds is 3. The maximum atomic E-state index is 13.4. The molecule has 2 aromatic heterocycles. The minimum Gasteiger partial charge on any atom is -0.340 e. The van der Waals surface area contributed by atoms with Crippen molar-refractivity contribution in [1.29, 1.82) is 0 Å². The second-order valence-corrected chi connectivity index (χ2v) is 6.48. The van der Waals surface area contributed by atoms with E-state index in [1.807, 2.05) is 13.8 Å². The lowest BCUT2D eigenvalue weighted by atomic mass is 9.97. The molecular formula is C17H20F3N3O. The van der Waals surface area contributed by atoms with E-state index in [1.165, 1.54) is 6.07 Å². The molecule has 1 unspecified atom stereocenters. The molecule has 0 bridgehead atoms. The zero-order chi connectivity index (χ0) is 17.5. The molecule has 24 heavy (non-hydrogen) atoms. The second kappa shape index (κ2) is 6.11. The van der Waals surface area contributed by atoms with E-state index in [0.29, 0.717) is 18.5 Å². The number of carbonyl (C=O) groups excluding carboxylic acids is 1. The van der Waals surface area contributed by atoms with Gasteiger partial charge in [0.2, 0.25) is 0 Å². The Morgan fingerprint density at radius 2 is 1.92 bits per heavy atom. The average molecular weight is 339 g/mol. The average Bonchev–Trinajstić information content (AvgIpc) is 3.14. The fourth-order valence-electron chi connectivity index (χ4n) is 3.58. The van der Waals surface area contributed by atoms with Crippen molar-refractivity contribution in [3.8, 4) is 0 Å². The quantitative estimate of drug-likeness (QED) is 0.924. The van der Waals surface area contributed by atoms with Gasteiger partial charge in [0.25, 0.3) is 5.91 Å². The van der Waals surface area contributed by atoms with Gasteiger partial charge >= 0.3 is 6.18 Å². The topological polar surface area (TPSA) is 46.4 Å². The highest BCUT2D eigenvalue weighted by atomic mass is 19.4. The Labute approximate surface area is 138 Å². The van der Waals surface area contributed by atoms with Gasteiger partial charge in [0.05, 0.1) is 5.56 Å². The number of aromatic nitrogens is 2. The summed E-state index contributed by atoms with van der Waals surface area (Å²) in [6.07, 6.45) is -0.288. The van der Waals surface area contributed by atoms with E-state index >= 15 is 0 Å². The highest BCUT2D eigenvalue weighted by Crippen LogP contribution is 2.36. The molecule has 1 aliphatic carbocycles. The first-order chi connectivity index (χ1) is 11.3. The second-order valence-electron chi connectivity index (χ2n) is 6.48. The highest BCUT2D eigenvalue weighted by molar-refractivity contribution is 6.00. The van der Waals surface area contributed by atoms with Crippen LogP contribution in [-0.4, -0.2) is 27.5 Å². The van der Waals surface area contributed by atoms with Gasteiger partial charge in [-0.15, -0.1) is 0 Å².